The fourth-order valence-corrected chi connectivity index (χ4v) is 3.49. The van der Waals surface area contributed by atoms with E-state index in [9.17, 15) is 4.79 Å². The summed E-state index contributed by atoms with van der Waals surface area (Å²) in [6.45, 7) is 0.627. The Morgan fingerprint density at radius 2 is 2.15 bits per heavy atom. The van der Waals surface area contributed by atoms with Crippen LogP contribution in [-0.2, 0) is 9.53 Å². The third-order valence-electron chi connectivity index (χ3n) is 3.07. The molecular weight excluding hydrogens is 188 g/mol. The lowest BCUT2D eigenvalue weighted by Crippen LogP contribution is -2.42. The Morgan fingerprint density at radius 1 is 1.46 bits per heavy atom. The third-order valence-corrected chi connectivity index (χ3v) is 4.05. The molecule has 0 aliphatic carbocycles. The molecule has 2 aliphatic heterocycles. The first kappa shape index (κ1) is 9.34. The van der Waals surface area contributed by atoms with Gasteiger partial charge in [0.05, 0.1) is 11.5 Å². The fourth-order valence-electron chi connectivity index (χ4n) is 2.30. The summed E-state index contributed by atoms with van der Waals surface area (Å²) in [5.74, 6) is 1.16. The number of carboxylic acid groups (broad SMARTS) is 1. The van der Waals surface area contributed by atoms with Gasteiger partial charge < -0.3 is 9.84 Å². The minimum absolute atomic E-state index is 0.256. The first-order valence-electron chi connectivity index (χ1n) is 4.69. The van der Waals surface area contributed by atoms with Gasteiger partial charge in [0.1, 0.15) is 0 Å². The number of aliphatic carboxylic acids is 1. The van der Waals surface area contributed by atoms with Crippen LogP contribution in [0.15, 0.2) is 0 Å². The molecule has 2 saturated heterocycles. The second-order valence-corrected chi connectivity index (χ2v) is 4.93. The molecule has 1 spiro atoms. The van der Waals surface area contributed by atoms with Crippen LogP contribution in [0.5, 0.6) is 0 Å². The SMILES string of the molecule is O=C(O)C1CCOC12CCSCC2. The Morgan fingerprint density at radius 3 is 2.77 bits per heavy atom. The van der Waals surface area contributed by atoms with E-state index in [1.54, 1.807) is 0 Å². The Bertz CT molecular complexity index is 211. The van der Waals surface area contributed by atoms with Crippen LogP contribution in [0.3, 0.4) is 0 Å². The van der Waals surface area contributed by atoms with Crippen LogP contribution in [0.2, 0.25) is 0 Å². The predicted octanol–water partition coefficient (Wildman–Crippen LogP) is 1.37. The maximum absolute atomic E-state index is 11.0. The summed E-state index contributed by atoms with van der Waals surface area (Å²) < 4.78 is 5.66. The van der Waals surface area contributed by atoms with Gasteiger partial charge in [0.25, 0.3) is 0 Å². The van der Waals surface area contributed by atoms with Gasteiger partial charge in [-0.1, -0.05) is 0 Å². The van der Waals surface area contributed by atoms with E-state index in [1.807, 2.05) is 11.8 Å². The van der Waals surface area contributed by atoms with Crippen molar-refractivity contribution in [2.75, 3.05) is 18.1 Å². The van der Waals surface area contributed by atoms with E-state index in [0.29, 0.717) is 13.0 Å². The van der Waals surface area contributed by atoms with Gasteiger partial charge in [0.2, 0.25) is 0 Å². The monoisotopic (exact) mass is 202 g/mol. The van der Waals surface area contributed by atoms with E-state index in [0.717, 1.165) is 24.3 Å². The summed E-state index contributed by atoms with van der Waals surface area (Å²) in [5, 5.41) is 9.04. The molecule has 1 unspecified atom stereocenters. The minimum atomic E-state index is -0.676. The smallest absolute Gasteiger partial charge is 0.309 e. The number of carbonyl (C=O) groups is 1. The molecule has 0 aromatic rings. The predicted molar refractivity (Wildman–Crippen MR) is 51.0 cm³/mol. The Hall–Kier alpha value is -0.220. The van der Waals surface area contributed by atoms with Gasteiger partial charge in [-0.2, -0.15) is 11.8 Å². The average Bonchev–Trinajstić information content (AvgIpc) is 2.50. The highest BCUT2D eigenvalue weighted by Crippen LogP contribution is 2.42. The third kappa shape index (κ3) is 1.57. The van der Waals surface area contributed by atoms with E-state index < -0.39 is 5.97 Å². The number of ether oxygens (including phenoxy) is 1. The van der Waals surface area contributed by atoms with Crippen molar-refractivity contribution in [3.63, 3.8) is 0 Å². The molecule has 0 amide bonds. The maximum Gasteiger partial charge on any atom is 0.309 e. The van der Waals surface area contributed by atoms with Crippen molar-refractivity contribution in [2.45, 2.75) is 24.9 Å². The van der Waals surface area contributed by atoms with Crippen molar-refractivity contribution in [1.29, 1.82) is 0 Å². The summed E-state index contributed by atoms with van der Waals surface area (Å²) in [7, 11) is 0. The highest BCUT2D eigenvalue weighted by molar-refractivity contribution is 7.99. The van der Waals surface area contributed by atoms with Gasteiger partial charge in [-0.25, -0.2) is 0 Å². The van der Waals surface area contributed by atoms with Crippen molar-refractivity contribution in [3.8, 4) is 0 Å². The molecule has 4 heteroatoms. The molecular formula is C9H14O3S. The zero-order valence-electron chi connectivity index (χ0n) is 7.49. The topological polar surface area (TPSA) is 46.5 Å². The second kappa shape index (κ2) is 3.50. The number of thioether (sulfide) groups is 1. The molecule has 0 aromatic heterocycles. The quantitative estimate of drug-likeness (QED) is 0.697. The van der Waals surface area contributed by atoms with Gasteiger partial charge in [-0.15, -0.1) is 0 Å². The van der Waals surface area contributed by atoms with Crippen molar-refractivity contribution in [2.24, 2.45) is 5.92 Å². The first-order chi connectivity index (χ1) is 6.25. The van der Waals surface area contributed by atoms with E-state index in [2.05, 4.69) is 0 Å². The fraction of sp³-hybridized carbons (Fsp3) is 0.889. The molecule has 0 saturated carbocycles. The summed E-state index contributed by atoms with van der Waals surface area (Å²) in [6.07, 6.45) is 2.52. The van der Waals surface area contributed by atoms with Crippen molar-refractivity contribution in [1.82, 2.24) is 0 Å². The molecule has 0 aromatic carbocycles. The van der Waals surface area contributed by atoms with Crippen LogP contribution in [0.4, 0.5) is 0 Å². The van der Waals surface area contributed by atoms with Gasteiger partial charge in [-0.3, -0.25) is 4.79 Å². The van der Waals surface area contributed by atoms with Crippen LogP contribution >= 0.6 is 11.8 Å². The van der Waals surface area contributed by atoms with Crippen molar-refractivity contribution < 1.29 is 14.6 Å². The van der Waals surface area contributed by atoms with Gasteiger partial charge >= 0.3 is 5.97 Å². The number of rotatable bonds is 1. The van der Waals surface area contributed by atoms with Gasteiger partial charge in [-0.05, 0) is 30.8 Å². The van der Waals surface area contributed by atoms with Crippen molar-refractivity contribution >= 4 is 17.7 Å². The molecule has 0 bridgehead atoms. The van der Waals surface area contributed by atoms with Crippen LogP contribution in [0, 0.1) is 5.92 Å². The van der Waals surface area contributed by atoms with Crippen molar-refractivity contribution in [3.05, 3.63) is 0 Å². The lowest BCUT2D eigenvalue weighted by atomic mass is 9.83. The summed E-state index contributed by atoms with van der Waals surface area (Å²) in [4.78, 5) is 11.0. The van der Waals surface area contributed by atoms with Crippen LogP contribution in [0.1, 0.15) is 19.3 Å². The van der Waals surface area contributed by atoms with E-state index in [-0.39, 0.29) is 11.5 Å². The number of hydrogen-bond donors (Lipinski definition) is 1. The Balaban J connectivity index is 2.13. The second-order valence-electron chi connectivity index (χ2n) is 3.71. The summed E-state index contributed by atoms with van der Waals surface area (Å²) in [5.41, 5.74) is -0.308. The highest BCUT2D eigenvalue weighted by atomic mass is 32.2. The van der Waals surface area contributed by atoms with Gasteiger partial charge in [0, 0.05) is 6.61 Å². The van der Waals surface area contributed by atoms with E-state index in [4.69, 9.17) is 9.84 Å². The lowest BCUT2D eigenvalue weighted by molar-refractivity contribution is -0.148. The largest absolute Gasteiger partial charge is 0.481 e. The molecule has 2 fully saturated rings. The zero-order valence-corrected chi connectivity index (χ0v) is 8.31. The average molecular weight is 202 g/mol. The van der Waals surface area contributed by atoms with Crippen LogP contribution < -0.4 is 0 Å². The summed E-state index contributed by atoms with van der Waals surface area (Å²) >= 11 is 1.90. The lowest BCUT2D eigenvalue weighted by Gasteiger charge is -2.35. The molecule has 2 heterocycles. The minimum Gasteiger partial charge on any atom is -0.481 e. The van der Waals surface area contributed by atoms with E-state index >= 15 is 0 Å². The molecule has 13 heavy (non-hydrogen) atoms. The normalized spacial score (nSPS) is 32.2. The standard InChI is InChI=1S/C9H14O3S/c10-8(11)7-1-4-12-9(7)2-5-13-6-3-9/h7H,1-6H2,(H,10,11). The molecule has 74 valence electrons. The van der Waals surface area contributed by atoms with Crippen LogP contribution in [0.25, 0.3) is 0 Å². The number of hydrogen-bond acceptors (Lipinski definition) is 3. The highest BCUT2D eigenvalue weighted by Gasteiger charge is 2.48. The maximum atomic E-state index is 11.0. The molecule has 2 aliphatic rings. The van der Waals surface area contributed by atoms with Crippen LogP contribution in [-0.4, -0.2) is 34.8 Å². The number of carboxylic acids is 1. The first-order valence-corrected chi connectivity index (χ1v) is 5.85. The molecule has 0 radical (unpaired) electrons. The molecule has 3 nitrogen and oxygen atoms in total. The molecule has 1 N–H and O–H groups in total. The Kier molecular flexibility index (Phi) is 2.51. The van der Waals surface area contributed by atoms with Gasteiger partial charge in [0.15, 0.2) is 0 Å². The Labute approximate surface area is 81.8 Å². The summed E-state index contributed by atoms with van der Waals surface area (Å²) in [6, 6.07) is 0. The molecule has 2 rings (SSSR count). The van der Waals surface area contributed by atoms with E-state index in [1.165, 1.54) is 0 Å². The molecule has 1 atom stereocenters. The zero-order chi connectivity index (χ0) is 9.31.